The van der Waals surface area contributed by atoms with Crippen molar-refractivity contribution < 1.29 is 0 Å². The van der Waals surface area contributed by atoms with Gasteiger partial charge in [-0.15, -0.1) is 0 Å². The second kappa shape index (κ2) is 8.07. The lowest BCUT2D eigenvalue weighted by molar-refractivity contribution is 0.858. The third-order valence-corrected chi connectivity index (χ3v) is 6.03. The highest BCUT2D eigenvalue weighted by atomic mass is 32.1. The van der Waals surface area contributed by atoms with Crippen LogP contribution in [0.5, 0.6) is 0 Å². The molecule has 0 saturated heterocycles. The number of nitrogens with zero attached hydrogens (tertiary/aromatic N) is 3. The first-order valence-corrected chi connectivity index (χ1v) is 10.6. The summed E-state index contributed by atoms with van der Waals surface area (Å²) in [5.74, 6) is 0. The number of aromatic nitrogens is 3. The van der Waals surface area contributed by atoms with E-state index in [0.29, 0.717) is 0 Å². The van der Waals surface area contributed by atoms with Crippen molar-refractivity contribution in [1.29, 1.82) is 0 Å². The monoisotopic (exact) mass is 388 g/mol. The van der Waals surface area contributed by atoms with Crippen molar-refractivity contribution in [2.45, 2.75) is 33.1 Å². The molecule has 0 aliphatic heterocycles. The molecule has 1 aromatic carbocycles. The number of aryl methyl sites for hydroxylation is 2. The number of hydrogen-bond acceptors (Lipinski definition) is 5. The summed E-state index contributed by atoms with van der Waals surface area (Å²) in [6.07, 6.45) is 6.97. The van der Waals surface area contributed by atoms with Crippen LogP contribution in [0.2, 0.25) is 0 Å². The standard InChI is InChI=1S/C23H24N4S/c1-4-8-19-15(5-2)11-17(14-26-19)16-12-18(20-9-6-7-10-25-20)22-21(13-16)27-23(24-3)28-22/h6-7,9-14H,4-5,8H2,1-3H3,(H,24,27). The molecule has 3 heterocycles. The highest BCUT2D eigenvalue weighted by molar-refractivity contribution is 7.22. The average molecular weight is 389 g/mol. The molecule has 142 valence electrons. The maximum absolute atomic E-state index is 4.77. The van der Waals surface area contributed by atoms with E-state index in [1.807, 2.05) is 31.6 Å². The van der Waals surface area contributed by atoms with Gasteiger partial charge >= 0.3 is 0 Å². The van der Waals surface area contributed by atoms with E-state index in [9.17, 15) is 0 Å². The number of benzene rings is 1. The van der Waals surface area contributed by atoms with Gasteiger partial charge in [0.15, 0.2) is 5.13 Å². The van der Waals surface area contributed by atoms with Gasteiger partial charge in [-0.05, 0) is 54.3 Å². The molecule has 0 spiro atoms. The molecule has 4 aromatic rings. The Kier molecular flexibility index (Phi) is 5.35. The molecule has 3 aromatic heterocycles. The largest absolute Gasteiger partial charge is 0.365 e. The second-order valence-corrected chi connectivity index (χ2v) is 7.79. The smallest absolute Gasteiger partial charge is 0.183 e. The summed E-state index contributed by atoms with van der Waals surface area (Å²) in [5.41, 5.74) is 7.87. The third kappa shape index (κ3) is 3.50. The molecular formula is C23H24N4S. The van der Waals surface area contributed by atoms with Crippen LogP contribution in [0.15, 0.2) is 48.8 Å². The van der Waals surface area contributed by atoms with Crippen molar-refractivity contribution in [2.75, 3.05) is 12.4 Å². The number of fused-ring (bicyclic) bond motifs is 1. The summed E-state index contributed by atoms with van der Waals surface area (Å²) < 4.78 is 1.15. The Labute approximate surface area is 169 Å². The molecule has 0 saturated carbocycles. The van der Waals surface area contributed by atoms with Crippen LogP contribution in [0, 0.1) is 0 Å². The average Bonchev–Trinajstić information content (AvgIpc) is 3.17. The maximum atomic E-state index is 4.77. The van der Waals surface area contributed by atoms with E-state index < -0.39 is 0 Å². The third-order valence-electron chi connectivity index (χ3n) is 4.91. The molecule has 1 N–H and O–H groups in total. The quantitative estimate of drug-likeness (QED) is 0.442. The van der Waals surface area contributed by atoms with Gasteiger partial charge < -0.3 is 5.32 Å². The predicted molar refractivity (Wildman–Crippen MR) is 119 cm³/mol. The summed E-state index contributed by atoms with van der Waals surface area (Å²) in [5, 5.41) is 4.08. The highest BCUT2D eigenvalue weighted by Gasteiger charge is 2.14. The second-order valence-electron chi connectivity index (χ2n) is 6.79. The minimum absolute atomic E-state index is 0.912. The predicted octanol–water partition coefficient (Wildman–Crippen LogP) is 5.98. The first-order chi connectivity index (χ1) is 13.7. The van der Waals surface area contributed by atoms with E-state index in [1.165, 1.54) is 11.3 Å². The van der Waals surface area contributed by atoms with E-state index in [2.05, 4.69) is 48.4 Å². The van der Waals surface area contributed by atoms with E-state index in [-0.39, 0.29) is 0 Å². The van der Waals surface area contributed by atoms with Crippen molar-refractivity contribution in [2.24, 2.45) is 0 Å². The first kappa shape index (κ1) is 18.6. The van der Waals surface area contributed by atoms with Gasteiger partial charge in [-0.25, -0.2) is 4.98 Å². The number of nitrogens with one attached hydrogen (secondary N) is 1. The minimum atomic E-state index is 0.912. The fourth-order valence-electron chi connectivity index (χ4n) is 3.48. The van der Waals surface area contributed by atoms with Crippen molar-refractivity contribution in [3.05, 3.63) is 60.0 Å². The molecule has 0 atom stereocenters. The summed E-state index contributed by atoms with van der Waals surface area (Å²) in [6, 6.07) is 12.7. The lowest BCUT2D eigenvalue weighted by Gasteiger charge is -2.11. The number of rotatable bonds is 6. The highest BCUT2D eigenvalue weighted by Crippen LogP contribution is 2.38. The molecular weight excluding hydrogens is 364 g/mol. The summed E-state index contributed by atoms with van der Waals surface area (Å²) >= 11 is 1.66. The Bertz CT molecular complexity index is 1100. The Morgan fingerprint density at radius 3 is 2.64 bits per heavy atom. The molecule has 0 fully saturated rings. The molecule has 0 aliphatic rings. The first-order valence-electron chi connectivity index (χ1n) is 9.75. The van der Waals surface area contributed by atoms with Gasteiger partial charge in [-0.3, -0.25) is 9.97 Å². The molecule has 4 rings (SSSR count). The number of anilines is 1. The molecule has 5 heteroatoms. The van der Waals surface area contributed by atoms with E-state index >= 15 is 0 Å². The van der Waals surface area contributed by atoms with Crippen LogP contribution in [-0.2, 0) is 12.8 Å². The summed E-state index contributed by atoms with van der Waals surface area (Å²) in [4.78, 5) is 14.1. The zero-order valence-electron chi connectivity index (χ0n) is 16.5. The van der Waals surface area contributed by atoms with Crippen molar-refractivity contribution in [1.82, 2.24) is 15.0 Å². The van der Waals surface area contributed by atoms with Gasteiger partial charge in [0.2, 0.25) is 0 Å². The van der Waals surface area contributed by atoms with Crippen LogP contribution in [-0.4, -0.2) is 22.0 Å². The van der Waals surface area contributed by atoms with Crippen LogP contribution in [0.3, 0.4) is 0 Å². The fourth-order valence-corrected chi connectivity index (χ4v) is 4.41. The van der Waals surface area contributed by atoms with Gasteiger partial charge in [0.25, 0.3) is 0 Å². The Balaban J connectivity index is 1.90. The zero-order chi connectivity index (χ0) is 19.5. The summed E-state index contributed by atoms with van der Waals surface area (Å²) in [6.45, 7) is 4.39. The van der Waals surface area contributed by atoms with E-state index in [4.69, 9.17) is 9.97 Å². The van der Waals surface area contributed by atoms with Gasteiger partial charge in [0, 0.05) is 36.3 Å². The van der Waals surface area contributed by atoms with Crippen molar-refractivity contribution in [3.63, 3.8) is 0 Å². The van der Waals surface area contributed by atoms with Crippen LogP contribution >= 0.6 is 11.3 Å². The Hall–Kier alpha value is -2.79. The topological polar surface area (TPSA) is 50.7 Å². The lowest BCUT2D eigenvalue weighted by atomic mass is 9.98. The number of hydrogen-bond donors (Lipinski definition) is 1. The van der Waals surface area contributed by atoms with Crippen LogP contribution in [0.1, 0.15) is 31.5 Å². The SMILES string of the molecule is CCCc1ncc(-c2cc(-c3ccccn3)c3sc(NC)nc3c2)cc1CC. The van der Waals surface area contributed by atoms with Crippen LogP contribution < -0.4 is 5.32 Å². The van der Waals surface area contributed by atoms with Crippen molar-refractivity contribution >= 4 is 26.7 Å². The lowest BCUT2D eigenvalue weighted by Crippen LogP contribution is -1.97. The number of pyridine rings is 2. The minimum Gasteiger partial charge on any atom is -0.365 e. The van der Waals surface area contributed by atoms with E-state index in [0.717, 1.165) is 57.0 Å². The molecule has 0 bridgehead atoms. The molecule has 4 nitrogen and oxygen atoms in total. The van der Waals surface area contributed by atoms with Crippen molar-refractivity contribution in [3.8, 4) is 22.4 Å². The molecule has 0 amide bonds. The van der Waals surface area contributed by atoms with Crippen LogP contribution in [0.25, 0.3) is 32.6 Å². The number of thiazole rings is 1. The Morgan fingerprint density at radius 1 is 1.04 bits per heavy atom. The van der Waals surface area contributed by atoms with Crippen LogP contribution in [0.4, 0.5) is 5.13 Å². The molecule has 28 heavy (non-hydrogen) atoms. The van der Waals surface area contributed by atoms with Gasteiger partial charge in [0.1, 0.15) is 0 Å². The van der Waals surface area contributed by atoms with E-state index in [1.54, 1.807) is 11.3 Å². The Morgan fingerprint density at radius 2 is 1.93 bits per heavy atom. The van der Waals surface area contributed by atoms with Gasteiger partial charge in [0.05, 0.1) is 15.9 Å². The van der Waals surface area contributed by atoms with Gasteiger partial charge in [-0.1, -0.05) is 37.7 Å². The maximum Gasteiger partial charge on any atom is 0.183 e. The molecule has 0 unspecified atom stereocenters. The molecule has 0 radical (unpaired) electrons. The normalized spacial score (nSPS) is 11.1. The fraction of sp³-hybridized carbons (Fsp3) is 0.261. The summed E-state index contributed by atoms with van der Waals surface area (Å²) in [7, 11) is 1.91. The zero-order valence-corrected chi connectivity index (χ0v) is 17.3. The van der Waals surface area contributed by atoms with Gasteiger partial charge in [-0.2, -0.15) is 0 Å². The molecule has 0 aliphatic carbocycles.